The zero-order valence-electron chi connectivity index (χ0n) is 6.45. The first-order chi connectivity index (χ1) is 5.25. The van der Waals surface area contributed by atoms with Crippen LogP contribution in [0.25, 0.3) is 0 Å². The summed E-state index contributed by atoms with van der Waals surface area (Å²) < 4.78 is 1.96. The zero-order chi connectivity index (χ0) is 8.27. The fourth-order valence-corrected chi connectivity index (χ4v) is 1.13. The predicted molar refractivity (Wildman–Crippen MR) is 48.4 cm³/mol. The van der Waals surface area contributed by atoms with Crippen molar-refractivity contribution in [3.8, 4) is 0 Å². The van der Waals surface area contributed by atoms with Gasteiger partial charge in [-0.3, -0.25) is 0 Å². The largest absolute Gasteiger partial charge is 0.387 e. The summed E-state index contributed by atoms with van der Waals surface area (Å²) in [6.07, 6.45) is 4.66. The minimum absolute atomic E-state index is 0.364. The Morgan fingerprint density at radius 2 is 2.55 bits per heavy atom. The topological polar surface area (TPSA) is 43.8 Å². The fourth-order valence-electron chi connectivity index (χ4n) is 0.956. The van der Waals surface area contributed by atoms with Crippen molar-refractivity contribution in [3.05, 3.63) is 18.2 Å². The number of nitrogens with two attached hydrogens (primary N) is 1. The average Bonchev–Trinajstić information content (AvgIpc) is 2.36. The zero-order valence-corrected chi connectivity index (χ0v) is 7.27. The molecule has 0 aliphatic carbocycles. The maximum atomic E-state index is 5.44. The Morgan fingerprint density at radius 3 is 3.09 bits per heavy atom. The van der Waals surface area contributed by atoms with E-state index < -0.39 is 0 Å². The van der Waals surface area contributed by atoms with Gasteiger partial charge in [0.2, 0.25) is 0 Å². The van der Waals surface area contributed by atoms with Gasteiger partial charge in [0.1, 0.15) is 4.99 Å². The normalized spacial score (nSPS) is 9.91. The number of thiocarbonyl (C=S) groups is 1. The second-order valence-electron chi connectivity index (χ2n) is 2.31. The molecule has 0 atom stereocenters. The van der Waals surface area contributed by atoms with Crippen LogP contribution in [0.1, 0.15) is 19.2 Å². The van der Waals surface area contributed by atoms with E-state index in [0.29, 0.717) is 10.8 Å². The van der Waals surface area contributed by atoms with Crippen LogP contribution >= 0.6 is 12.2 Å². The highest BCUT2D eigenvalue weighted by atomic mass is 32.1. The van der Waals surface area contributed by atoms with Crippen molar-refractivity contribution in [2.45, 2.75) is 19.9 Å². The molecule has 0 aliphatic heterocycles. The molecule has 1 aromatic rings. The molecule has 11 heavy (non-hydrogen) atoms. The molecule has 2 N–H and O–H groups in total. The van der Waals surface area contributed by atoms with Crippen LogP contribution in [0.2, 0.25) is 0 Å². The molecule has 0 spiro atoms. The van der Waals surface area contributed by atoms with E-state index in [0.717, 1.165) is 13.0 Å². The summed E-state index contributed by atoms with van der Waals surface area (Å²) in [6.45, 7) is 3.02. The van der Waals surface area contributed by atoms with E-state index >= 15 is 0 Å². The Bertz CT molecular complexity index is 254. The molecular weight excluding hydrogens is 158 g/mol. The van der Waals surface area contributed by atoms with Crippen molar-refractivity contribution < 1.29 is 0 Å². The predicted octanol–water partition coefficient (Wildman–Crippen LogP) is 0.927. The van der Waals surface area contributed by atoms with Gasteiger partial charge in [-0.25, -0.2) is 4.98 Å². The first kappa shape index (κ1) is 8.20. The van der Waals surface area contributed by atoms with E-state index in [9.17, 15) is 0 Å². The monoisotopic (exact) mass is 169 g/mol. The Kier molecular flexibility index (Phi) is 2.59. The molecule has 0 bridgehead atoms. The molecule has 1 aromatic heterocycles. The summed E-state index contributed by atoms with van der Waals surface area (Å²) in [4.78, 5) is 4.40. The molecule has 0 unspecified atom stereocenters. The minimum atomic E-state index is 0.364. The maximum Gasteiger partial charge on any atom is 0.167 e. The van der Waals surface area contributed by atoms with Gasteiger partial charge in [-0.1, -0.05) is 19.1 Å². The van der Waals surface area contributed by atoms with Gasteiger partial charge in [0.05, 0.1) is 0 Å². The van der Waals surface area contributed by atoms with Crippen molar-refractivity contribution in [2.75, 3.05) is 0 Å². The summed E-state index contributed by atoms with van der Waals surface area (Å²) in [5, 5.41) is 0. The number of hydrogen-bond donors (Lipinski definition) is 1. The van der Waals surface area contributed by atoms with Gasteiger partial charge in [-0.15, -0.1) is 0 Å². The Hall–Kier alpha value is -0.900. The second-order valence-corrected chi connectivity index (χ2v) is 2.75. The smallest absolute Gasteiger partial charge is 0.167 e. The van der Waals surface area contributed by atoms with Gasteiger partial charge >= 0.3 is 0 Å². The van der Waals surface area contributed by atoms with Gasteiger partial charge in [-0.05, 0) is 6.42 Å². The van der Waals surface area contributed by atoms with E-state index in [-0.39, 0.29) is 0 Å². The minimum Gasteiger partial charge on any atom is -0.387 e. The van der Waals surface area contributed by atoms with E-state index in [1.54, 1.807) is 6.20 Å². The molecule has 0 saturated carbocycles. The SMILES string of the molecule is CCCn1ccnc1C(N)=S. The van der Waals surface area contributed by atoms with Crippen molar-refractivity contribution in [2.24, 2.45) is 5.73 Å². The molecule has 4 heteroatoms. The molecule has 0 saturated heterocycles. The van der Waals surface area contributed by atoms with Crippen molar-refractivity contribution in [3.63, 3.8) is 0 Å². The first-order valence-corrected chi connectivity index (χ1v) is 3.97. The lowest BCUT2D eigenvalue weighted by Crippen LogP contribution is -2.16. The van der Waals surface area contributed by atoms with Gasteiger partial charge in [0.15, 0.2) is 5.82 Å². The third kappa shape index (κ3) is 1.77. The quantitative estimate of drug-likeness (QED) is 0.684. The number of nitrogens with zero attached hydrogens (tertiary/aromatic N) is 2. The second kappa shape index (κ2) is 3.48. The highest BCUT2D eigenvalue weighted by molar-refractivity contribution is 7.80. The standard InChI is InChI=1S/C7H11N3S/c1-2-4-10-5-3-9-7(10)6(8)11/h3,5H,2,4H2,1H3,(H2,8,11). The van der Waals surface area contributed by atoms with E-state index in [4.69, 9.17) is 18.0 Å². The van der Waals surface area contributed by atoms with E-state index in [2.05, 4.69) is 11.9 Å². The Balaban J connectivity index is 2.87. The van der Waals surface area contributed by atoms with Crippen molar-refractivity contribution in [1.29, 1.82) is 0 Å². The number of imidazole rings is 1. The van der Waals surface area contributed by atoms with Crippen molar-refractivity contribution in [1.82, 2.24) is 9.55 Å². The molecule has 1 heterocycles. The Morgan fingerprint density at radius 1 is 1.82 bits per heavy atom. The van der Waals surface area contributed by atoms with Gasteiger partial charge in [0, 0.05) is 18.9 Å². The van der Waals surface area contributed by atoms with Crippen LogP contribution in [0.5, 0.6) is 0 Å². The molecule has 0 fully saturated rings. The Labute approximate surface area is 71.2 Å². The van der Waals surface area contributed by atoms with Gasteiger partial charge < -0.3 is 10.3 Å². The van der Waals surface area contributed by atoms with Crippen LogP contribution in [-0.2, 0) is 6.54 Å². The van der Waals surface area contributed by atoms with Crippen LogP contribution in [0, 0.1) is 0 Å². The molecular formula is C7H11N3S. The summed E-state index contributed by atoms with van der Waals surface area (Å²) in [5.41, 5.74) is 5.44. The lowest BCUT2D eigenvalue weighted by atomic mass is 10.4. The van der Waals surface area contributed by atoms with Crippen LogP contribution < -0.4 is 5.73 Å². The molecule has 3 nitrogen and oxygen atoms in total. The van der Waals surface area contributed by atoms with Crippen LogP contribution in [-0.4, -0.2) is 14.5 Å². The molecule has 0 amide bonds. The lowest BCUT2D eigenvalue weighted by Gasteiger charge is -2.02. The van der Waals surface area contributed by atoms with E-state index in [1.807, 2.05) is 10.8 Å². The number of aryl methyl sites for hydroxylation is 1. The molecule has 60 valence electrons. The molecule has 0 aliphatic rings. The van der Waals surface area contributed by atoms with Gasteiger partial charge in [0.25, 0.3) is 0 Å². The molecule has 0 aromatic carbocycles. The summed E-state index contributed by atoms with van der Waals surface area (Å²) in [5.74, 6) is 0.710. The summed E-state index contributed by atoms with van der Waals surface area (Å²) in [6, 6.07) is 0. The first-order valence-electron chi connectivity index (χ1n) is 3.56. The third-order valence-corrected chi connectivity index (χ3v) is 1.58. The molecule has 0 radical (unpaired) electrons. The van der Waals surface area contributed by atoms with E-state index in [1.165, 1.54) is 0 Å². The fraction of sp³-hybridized carbons (Fsp3) is 0.429. The number of aromatic nitrogens is 2. The maximum absolute atomic E-state index is 5.44. The third-order valence-electron chi connectivity index (χ3n) is 1.40. The highest BCUT2D eigenvalue weighted by Gasteiger charge is 2.02. The number of hydrogen-bond acceptors (Lipinski definition) is 2. The highest BCUT2D eigenvalue weighted by Crippen LogP contribution is 1.98. The summed E-state index contributed by atoms with van der Waals surface area (Å²) in [7, 11) is 0. The van der Waals surface area contributed by atoms with Crippen LogP contribution in [0.3, 0.4) is 0 Å². The molecule has 1 rings (SSSR count). The summed E-state index contributed by atoms with van der Waals surface area (Å²) >= 11 is 4.81. The van der Waals surface area contributed by atoms with Crippen molar-refractivity contribution >= 4 is 17.2 Å². The van der Waals surface area contributed by atoms with Crippen LogP contribution in [0.4, 0.5) is 0 Å². The van der Waals surface area contributed by atoms with Gasteiger partial charge in [-0.2, -0.15) is 0 Å². The average molecular weight is 169 g/mol. The number of rotatable bonds is 3. The lowest BCUT2D eigenvalue weighted by molar-refractivity contribution is 0.673. The van der Waals surface area contributed by atoms with Crippen LogP contribution in [0.15, 0.2) is 12.4 Å².